The summed E-state index contributed by atoms with van der Waals surface area (Å²) in [6.07, 6.45) is 4.16. The largest absolute Gasteiger partial charge is 0.496 e. The van der Waals surface area contributed by atoms with E-state index in [1.807, 2.05) is 11.0 Å². The molecule has 0 atom stereocenters. The van der Waals surface area contributed by atoms with Gasteiger partial charge in [0.25, 0.3) is 5.91 Å². The van der Waals surface area contributed by atoms with Crippen LogP contribution in [0.1, 0.15) is 34.7 Å². The van der Waals surface area contributed by atoms with Gasteiger partial charge in [0.1, 0.15) is 17.1 Å². The molecular weight excluding hydrogens is 352 g/mol. The number of hydrogen-bond acceptors (Lipinski definition) is 3. The summed E-state index contributed by atoms with van der Waals surface area (Å²) in [4.78, 5) is 15.1. The van der Waals surface area contributed by atoms with Crippen LogP contribution in [-0.2, 0) is 7.05 Å². The highest BCUT2D eigenvalue weighted by Gasteiger charge is 2.29. The highest BCUT2D eigenvalue weighted by atomic mass is 16.5. The van der Waals surface area contributed by atoms with E-state index in [-0.39, 0.29) is 5.91 Å². The number of hydrogen-bond donors (Lipinski definition) is 0. The Kier molecular flexibility index (Phi) is 4.99. The lowest BCUT2D eigenvalue weighted by molar-refractivity contribution is 0.0706. The van der Waals surface area contributed by atoms with Gasteiger partial charge < -0.3 is 18.9 Å². The van der Waals surface area contributed by atoms with Crippen LogP contribution in [0.4, 0.5) is 0 Å². The van der Waals surface area contributed by atoms with E-state index < -0.39 is 0 Å². The fourth-order valence-electron chi connectivity index (χ4n) is 4.31. The van der Waals surface area contributed by atoms with Crippen LogP contribution in [0, 0.1) is 0 Å². The average molecular weight is 378 g/mol. The first kappa shape index (κ1) is 18.4. The Morgan fingerprint density at radius 2 is 1.61 bits per heavy atom. The number of fused-ring (bicyclic) bond motifs is 1. The first-order valence-corrected chi connectivity index (χ1v) is 9.68. The molecule has 1 fully saturated rings. The van der Waals surface area contributed by atoms with E-state index in [1.54, 1.807) is 26.4 Å². The van der Waals surface area contributed by atoms with Gasteiger partial charge in [0.15, 0.2) is 0 Å². The Morgan fingerprint density at radius 3 is 2.25 bits per heavy atom. The molecule has 2 aromatic carbocycles. The van der Waals surface area contributed by atoms with Gasteiger partial charge in [-0.25, -0.2) is 0 Å². The Balaban J connectivity index is 1.54. The second kappa shape index (κ2) is 7.58. The van der Waals surface area contributed by atoms with Gasteiger partial charge in [0.2, 0.25) is 0 Å². The van der Waals surface area contributed by atoms with Crippen molar-refractivity contribution >= 4 is 16.8 Å². The van der Waals surface area contributed by atoms with Crippen LogP contribution >= 0.6 is 0 Å². The molecule has 1 saturated heterocycles. The normalized spacial score (nSPS) is 15.0. The highest BCUT2D eigenvalue weighted by molar-refractivity contribution is 5.99. The smallest absolute Gasteiger partial charge is 0.261 e. The summed E-state index contributed by atoms with van der Waals surface area (Å²) in [5.74, 6) is 1.56. The lowest BCUT2D eigenvalue weighted by Crippen LogP contribution is -2.38. The third-order valence-corrected chi connectivity index (χ3v) is 5.79. The molecular formula is C23H26N2O3. The van der Waals surface area contributed by atoms with E-state index in [4.69, 9.17) is 9.47 Å². The maximum atomic E-state index is 13.2. The number of methoxy groups -OCH3 is 2. The number of ether oxygens (including phenoxy) is 2. The number of nitrogens with zero attached hydrogens (tertiary/aromatic N) is 2. The Morgan fingerprint density at radius 1 is 0.964 bits per heavy atom. The van der Waals surface area contributed by atoms with Crippen molar-refractivity contribution in [3.8, 4) is 11.5 Å². The highest BCUT2D eigenvalue weighted by Crippen LogP contribution is 2.36. The van der Waals surface area contributed by atoms with Crippen LogP contribution in [0.3, 0.4) is 0 Å². The van der Waals surface area contributed by atoms with E-state index in [9.17, 15) is 4.79 Å². The zero-order valence-electron chi connectivity index (χ0n) is 16.6. The standard InChI is InChI=1S/C23H26N2O3/c1-24-15-18(17-7-4-5-8-19(17)24)16-11-13-25(14-12-16)23(26)22-20(27-2)9-6-10-21(22)28-3/h4-10,15-16H,11-14H2,1-3H3. The van der Waals surface area contributed by atoms with Crippen molar-refractivity contribution in [3.63, 3.8) is 0 Å². The predicted octanol–water partition coefficient (Wildman–Crippen LogP) is 4.22. The number of para-hydroxylation sites is 1. The Hall–Kier alpha value is -2.95. The van der Waals surface area contributed by atoms with Gasteiger partial charge in [-0.2, -0.15) is 0 Å². The first-order valence-electron chi connectivity index (χ1n) is 9.68. The first-order chi connectivity index (χ1) is 13.6. The summed E-state index contributed by atoms with van der Waals surface area (Å²) in [7, 11) is 5.26. The molecule has 2 heterocycles. The van der Waals surface area contributed by atoms with E-state index in [0.717, 1.165) is 25.9 Å². The molecule has 1 aliphatic rings. The summed E-state index contributed by atoms with van der Waals surface area (Å²) in [5, 5.41) is 1.32. The van der Waals surface area contributed by atoms with Crippen LogP contribution in [0.5, 0.6) is 11.5 Å². The van der Waals surface area contributed by atoms with Gasteiger partial charge in [-0.05, 0) is 42.5 Å². The fourth-order valence-corrected chi connectivity index (χ4v) is 4.31. The summed E-state index contributed by atoms with van der Waals surface area (Å²) in [6.45, 7) is 1.46. The Bertz CT molecular complexity index is 978. The summed E-state index contributed by atoms with van der Waals surface area (Å²) in [5.41, 5.74) is 3.16. The maximum absolute atomic E-state index is 13.2. The molecule has 0 spiro atoms. The lowest BCUT2D eigenvalue weighted by atomic mass is 9.89. The van der Waals surface area contributed by atoms with Crippen LogP contribution < -0.4 is 9.47 Å². The number of aromatic nitrogens is 1. The van der Waals surface area contributed by atoms with E-state index >= 15 is 0 Å². The minimum Gasteiger partial charge on any atom is -0.496 e. The minimum absolute atomic E-state index is 0.0225. The molecule has 3 aromatic rings. The maximum Gasteiger partial charge on any atom is 0.261 e. The molecule has 5 nitrogen and oxygen atoms in total. The number of carbonyl (C=O) groups excluding carboxylic acids is 1. The van der Waals surface area contributed by atoms with Gasteiger partial charge >= 0.3 is 0 Å². The second-order valence-electron chi connectivity index (χ2n) is 7.32. The van der Waals surface area contributed by atoms with Crippen LogP contribution in [0.2, 0.25) is 0 Å². The number of amides is 1. The zero-order chi connectivity index (χ0) is 19.7. The fraction of sp³-hybridized carbons (Fsp3) is 0.348. The monoisotopic (exact) mass is 378 g/mol. The number of likely N-dealkylation sites (tertiary alicyclic amines) is 1. The van der Waals surface area contributed by atoms with Crippen molar-refractivity contribution in [2.24, 2.45) is 7.05 Å². The quantitative estimate of drug-likeness (QED) is 0.683. The molecule has 28 heavy (non-hydrogen) atoms. The van der Waals surface area contributed by atoms with Gasteiger partial charge in [-0.3, -0.25) is 4.79 Å². The molecule has 146 valence electrons. The van der Waals surface area contributed by atoms with Gasteiger partial charge in [0, 0.05) is 37.2 Å². The average Bonchev–Trinajstić information content (AvgIpc) is 3.09. The molecule has 1 amide bonds. The molecule has 1 aliphatic heterocycles. The van der Waals surface area contributed by atoms with Crippen molar-refractivity contribution in [2.75, 3.05) is 27.3 Å². The van der Waals surface area contributed by atoms with E-state index in [1.165, 1.54) is 16.5 Å². The minimum atomic E-state index is -0.0225. The molecule has 1 aromatic heterocycles. The summed E-state index contributed by atoms with van der Waals surface area (Å²) in [6, 6.07) is 14.0. The number of rotatable bonds is 4. The molecule has 0 bridgehead atoms. The van der Waals surface area contributed by atoms with Crippen LogP contribution in [0.15, 0.2) is 48.7 Å². The van der Waals surface area contributed by atoms with E-state index in [0.29, 0.717) is 23.0 Å². The van der Waals surface area contributed by atoms with Crippen molar-refractivity contribution < 1.29 is 14.3 Å². The number of benzene rings is 2. The summed E-state index contributed by atoms with van der Waals surface area (Å²) < 4.78 is 13.0. The topological polar surface area (TPSA) is 43.7 Å². The molecule has 4 rings (SSSR count). The number of piperidine rings is 1. The van der Waals surface area contributed by atoms with Crippen LogP contribution in [0.25, 0.3) is 10.9 Å². The number of aryl methyl sites for hydroxylation is 1. The van der Waals surface area contributed by atoms with Gasteiger partial charge in [-0.1, -0.05) is 24.3 Å². The van der Waals surface area contributed by atoms with Crippen molar-refractivity contribution in [1.29, 1.82) is 0 Å². The molecule has 0 N–H and O–H groups in total. The summed E-state index contributed by atoms with van der Waals surface area (Å²) >= 11 is 0. The number of carbonyl (C=O) groups is 1. The van der Waals surface area contributed by atoms with Gasteiger partial charge in [-0.15, -0.1) is 0 Å². The second-order valence-corrected chi connectivity index (χ2v) is 7.32. The lowest BCUT2D eigenvalue weighted by Gasteiger charge is -2.32. The van der Waals surface area contributed by atoms with Crippen LogP contribution in [-0.4, -0.2) is 42.7 Å². The van der Waals surface area contributed by atoms with Crippen molar-refractivity contribution in [1.82, 2.24) is 9.47 Å². The zero-order valence-corrected chi connectivity index (χ0v) is 16.6. The third-order valence-electron chi connectivity index (χ3n) is 5.79. The van der Waals surface area contributed by atoms with E-state index in [2.05, 4.69) is 42.1 Å². The molecule has 0 aliphatic carbocycles. The van der Waals surface area contributed by atoms with Crippen molar-refractivity contribution in [2.45, 2.75) is 18.8 Å². The molecule has 0 saturated carbocycles. The molecule has 5 heteroatoms. The Labute approximate surface area is 165 Å². The van der Waals surface area contributed by atoms with Crippen molar-refractivity contribution in [3.05, 3.63) is 59.8 Å². The SMILES string of the molecule is COc1cccc(OC)c1C(=O)N1CCC(c2cn(C)c3ccccc23)CC1. The molecule has 0 radical (unpaired) electrons. The van der Waals surface area contributed by atoms with Gasteiger partial charge in [0.05, 0.1) is 14.2 Å². The predicted molar refractivity (Wildman–Crippen MR) is 110 cm³/mol. The molecule has 0 unspecified atom stereocenters. The third kappa shape index (κ3) is 3.11.